The van der Waals surface area contributed by atoms with Crippen LogP contribution in [0.1, 0.15) is 18.2 Å². The van der Waals surface area contributed by atoms with Gasteiger partial charge in [-0.1, -0.05) is 47.7 Å². The number of aryl methyl sites for hydroxylation is 1. The van der Waals surface area contributed by atoms with Gasteiger partial charge in [-0.3, -0.25) is 0 Å². The molecule has 1 unspecified atom stereocenters. The topological polar surface area (TPSA) is 39.9 Å². The predicted octanol–water partition coefficient (Wildman–Crippen LogP) is 3.21. The van der Waals surface area contributed by atoms with Crippen LogP contribution >= 0.6 is 0 Å². The van der Waals surface area contributed by atoms with Crippen molar-refractivity contribution in [3.63, 3.8) is 0 Å². The van der Waals surface area contributed by atoms with E-state index in [1.165, 1.54) is 5.56 Å². The number of fused-ring (bicyclic) bond motifs is 1. The Labute approximate surface area is 118 Å². The maximum Gasteiger partial charge on any atom is 0.152 e. The van der Waals surface area contributed by atoms with Crippen LogP contribution in [-0.2, 0) is 11.2 Å². The van der Waals surface area contributed by atoms with Gasteiger partial charge in [0.1, 0.15) is 5.52 Å². The summed E-state index contributed by atoms with van der Waals surface area (Å²) in [5, 5.41) is 8.40. The Morgan fingerprint density at radius 3 is 2.60 bits per heavy atom. The van der Waals surface area contributed by atoms with Gasteiger partial charge in [0.15, 0.2) is 6.23 Å². The molecule has 0 spiro atoms. The molecule has 20 heavy (non-hydrogen) atoms. The highest BCUT2D eigenvalue weighted by atomic mass is 16.5. The number of para-hydroxylation sites is 1. The first-order chi connectivity index (χ1) is 9.88. The minimum atomic E-state index is -0.0948. The Morgan fingerprint density at radius 2 is 1.80 bits per heavy atom. The van der Waals surface area contributed by atoms with Crippen molar-refractivity contribution in [2.75, 3.05) is 7.11 Å². The minimum absolute atomic E-state index is 0.0948. The fraction of sp³-hybridized carbons (Fsp3) is 0.250. The quantitative estimate of drug-likeness (QED) is 0.712. The number of rotatable bonds is 5. The summed E-state index contributed by atoms with van der Waals surface area (Å²) < 4.78 is 7.44. The van der Waals surface area contributed by atoms with Crippen LogP contribution < -0.4 is 0 Å². The maximum atomic E-state index is 5.58. The van der Waals surface area contributed by atoms with E-state index in [0.29, 0.717) is 0 Å². The molecule has 4 nitrogen and oxygen atoms in total. The number of ether oxygens (including phenoxy) is 1. The molecule has 4 heteroatoms. The van der Waals surface area contributed by atoms with Gasteiger partial charge in [-0.2, -0.15) is 0 Å². The summed E-state index contributed by atoms with van der Waals surface area (Å²) in [4.78, 5) is 0. The van der Waals surface area contributed by atoms with Crippen LogP contribution in [-0.4, -0.2) is 22.1 Å². The summed E-state index contributed by atoms with van der Waals surface area (Å²) in [5.74, 6) is 0. The van der Waals surface area contributed by atoms with Gasteiger partial charge < -0.3 is 4.74 Å². The third kappa shape index (κ3) is 2.56. The molecule has 0 amide bonds. The van der Waals surface area contributed by atoms with Gasteiger partial charge in [-0.25, -0.2) is 4.68 Å². The van der Waals surface area contributed by atoms with Gasteiger partial charge in [0.2, 0.25) is 0 Å². The predicted molar refractivity (Wildman–Crippen MR) is 78.3 cm³/mol. The Balaban J connectivity index is 1.79. The SMILES string of the molecule is COC(CCc1ccccc1)n1nnc2ccccc21. The Bertz CT molecular complexity index is 678. The lowest BCUT2D eigenvalue weighted by Crippen LogP contribution is -2.13. The summed E-state index contributed by atoms with van der Waals surface area (Å²) in [6.07, 6.45) is 1.73. The molecule has 0 saturated carbocycles. The third-order valence-electron chi connectivity index (χ3n) is 3.45. The lowest BCUT2D eigenvalue weighted by molar-refractivity contribution is 0.0293. The van der Waals surface area contributed by atoms with Crippen LogP contribution in [0.2, 0.25) is 0 Å². The molecule has 0 fully saturated rings. The normalized spacial score (nSPS) is 12.7. The Morgan fingerprint density at radius 1 is 1.05 bits per heavy atom. The van der Waals surface area contributed by atoms with Crippen LogP contribution in [0, 0.1) is 0 Å². The maximum absolute atomic E-state index is 5.58. The van der Waals surface area contributed by atoms with Crippen LogP contribution in [0.3, 0.4) is 0 Å². The zero-order valence-corrected chi connectivity index (χ0v) is 11.4. The van der Waals surface area contributed by atoms with Crippen molar-refractivity contribution >= 4 is 11.0 Å². The lowest BCUT2D eigenvalue weighted by Gasteiger charge is -2.16. The zero-order chi connectivity index (χ0) is 13.8. The van der Waals surface area contributed by atoms with Gasteiger partial charge in [0, 0.05) is 7.11 Å². The average Bonchev–Trinajstić information content (AvgIpc) is 2.93. The van der Waals surface area contributed by atoms with Crippen molar-refractivity contribution < 1.29 is 4.74 Å². The minimum Gasteiger partial charge on any atom is -0.360 e. The summed E-state index contributed by atoms with van der Waals surface area (Å²) in [5.41, 5.74) is 3.21. The molecule has 0 aliphatic carbocycles. The van der Waals surface area contributed by atoms with E-state index < -0.39 is 0 Å². The summed E-state index contributed by atoms with van der Waals surface area (Å²) >= 11 is 0. The van der Waals surface area contributed by atoms with E-state index in [-0.39, 0.29) is 6.23 Å². The molecular weight excluding hydrogens is 250 g/mol. The first-order valence-electron chi connectivity index (χ1n) is 6.75. The first kappa shape index (κ1) is 12.8. The molecule has 3 aromatic rings. The van der Waals surface area contributed by atoms with Gasteiger partial charge in [-0.15, -0.1) is 5.10 Å². The molecule has 1 heterocycles. The second-order valence-electron chi connectivity index (χ2n) is 4.74. The summed E-state index contributed by atoms with van der Waals surface area (Å²) in [7, 11) is 1.71. The molecule has 0 saturated heterocycles. The van der Waals surface area contributed by atoms with Crippen LogP contribution in [0.5, 0.6) is 0 Å². The van der Waals surface area contributed by atoms with Crippen molar-refractivity contribution in [1.82, 2.24) is 15.0 Å². The van der Waals surface area contributed by atoms with Crippen molar-refractivity contribution in [2.45, 2.75) is 19.1 Å². The number of nitrogens with zero attached hydrogens (tertiary/aromatic N) is 3. The Hall–Kier alpha value is -2.20. The molecule has 0 bridgehead atoms. The molecule has 0 aliphatic heterocycles. The van der Waals surface area contributed by atoms with Gasteiger partial charge in [0.25, 0.3) is 0 Å². The number of benzene rings is 2. The van der Waals surface area contributed by atoms with Crippen LogP contribution in [0.15, 0.2) is 54.6 Å². The highest BCUT2D eigenvalue weighted by Gasteiger charge is 2.14. The number of hydrogen-bond acceptors (Lipinski definition) is 3. The highest BCUT2D eigenvalue weighted by molar-refractivity contribution is 5.73. The number of hydrogen-bond donors (Lipinski definition) is 0. The molecule has 3 rings (SSSR count). The fourth-order valence-electron chi connectivity index (χ4n) is 2.37. The van der Waals surface area contributed by atoms with Crippen molar-refractivity contribution in [3.05, 3.63) is 60.2 Å². The molecule has 0 radical (unpaired) electrons. The summed E-state index contributed by atoms with van der Waals surface area (Å²) in [6, 6.07) is 18.3. The third-order valence-corrected chi connectivity index (χ3v) is 3.45. The van der Waals surface area contributed by atoms with Crippen LogP contribution in [0.25, 0.3) is 11.0 Å². The van der Waals surface area contributed by atoms with Gasteiger partial charge >= 0.3 is 0 Å². The second kappa shape index (κ2) is 5.84. The van der Waals surface area contributed by atoms with E-state index in [4.69, 9.17) is 4.74 Å². The standard InChI is InChI=1S/C16H17N3O/c1-20-16(12-11-13-7-3-2-4-8-13)19-15-10-6-5-9-14(15)17-18-19/h2-10,16H,11-12H2,1H3. The smallest absolute Gasteiger partial charge is 0.152 e. The fourth-order valence-corrected chi connectivity index (χ4v) is 2.37. The van der Waals surface area contributed by atoms with Gasteiger partial charge in [-0.05, 0) is 30.5 Å². The molecular formula is C16H17N3O. The van der Waals surface area contributed by atoms with E-state index in [1.54, 1.807) is 7.11 Å². The molecule has 102 valence electrons. The molecule has 0 aliphatic rings. The van der Waals surface area contributed by atoms with E-state index in [9.17, 15) is 0 Å². The van der Waals surface area contributed by atoms with Crippen molar-refractivity contribution in [3.8, 4) is 0 Å². The molecule has 0 N–H and O–H groups in total. The van der Waals surface area contributed by atoms with E-state index in [2.05, 4.69) is 34.6 Å². The number of aromatic nitrogens is 3. The van der Waals surface area contributed by atoms with E-state index >= 15 is 0 Å². The Kier molecular flexibility index (Phi) is 3.74. The second-order valence-corrected chi connectivity index (χ2v) is 4.74. The van der Waals surface area contributed by atoms with Crippen molar-refractivity contribution in [2.24, 2.45) is 0 Å². The van der Waals surface area contributed by atoms with Gasteiger partial charge in [0.05, 0.1) is 5.52 Å². The average molecular weight is 267 g/mol. The first-order valence-corrected chi connectivity index (χ1v) is 6.75. The van der Waals surface area contributed by atoms with Crippen molar-refractivity contribution in [1.29, 1.82) is 0 Å². The largest absolute Gasteiger partial charge is 0.360 e. The monoisotopic (exact) mass is 267 g/mol. The highest BCUT2D eigenvalue weighted by Crippen LogP contribution is 2.20. The molecule has 1 aromatic heterocycles. The lowest BCUT2D eigenvalue weighted by atomic mass is 10.1. The zero-order valence-electron chi connectivity index (χ0n) is 11.4. The van der Waals surface area contributed by atoms with E-state index in [0.717, 1.165) is 23.9 Å². The molecule has 1 atom stereocenters. The summed E-state index contributed by atoms with van der Waals surface area (Å²) in [6.45, 7) is 0. The van der Waals surface area contributed by atoms with E-state index in [1.807, 2.05) is 35.0 Å². The number of methoxy groups -OCH3 is 1. The molecule has 2 aromatic carbocycles. The van der Waals surface area contributed by atoms with Crippen LogP contribution in [0.4, 0.5) is 0 Å².